The lowest BCUT2D eigenvalue weighted by Gasteiger charge is -2.21. The summed E-state index contributed by atoms with van der Waals surface area (Å²) in [5, 5.41) is 26.9. The average Bonchev–Trinajstić information content (AvgIpc) is 3.71. The minimum atomic E-state index is 1.23. The van der Waals surface area contributed by atoms with Crippen molar-refractivity contribution in [3.8, 4) is 22.3 Å². The van der Waals surface area contributed by atoms with Crippen molar-refractivity contribution in [2.75, 3.05) is 0 Å². The van der Waals surface area contributed by atoms with Crippen LogP contribution in [0.3, 0.4) is 0 Å². The maximum absolute atomic E-state index is 2.57. The van der Waals surface area contributed by atoms with Crippen LogP contribution in [0.25, 0.3) is 130 Å². The number of benzene rings is 11. The van der Waals surface area contributed by atoms with E-state index in [0.717, 1.165) is 0 Å². The van der Waals surface area contributed by atoms with Crippen LogP contribution in [0.15, 0.2) is 170 Å². The van der Waals surface area contributed by atoms with Crippen LogP contribution in [0.5, 0.6) is 0 Å². The molecule has 0 radical (unpaired) electrons. The van der Waals surface area contributed by atoms with Gasteiger partial charge in [-0.1, -0.05) is 164 Å². The molecule has 52 heavy (non-hydrogen) atoms. The molecule has 0 heterocycles. The second kappa shape index (κ2) is 9.51. The molecule has 0 heteroatoms. The molecule has 0 N–H and O–H groups in total. The van der Waals surface area contributed by atoms with E-state index in [2.05, 4.69) is 170 Å². The van der Waals surface area contributed by atoms with Crippen molar-refractivity contribution < 1.29 is 0 Å². The smallest absolute Gasteiger partial charge is 0.000673 e. The highest BCUT2D eigenvalue weighted by Gasteiger charge is 2.28. The number of fused-ring (bicyclic) bond motifs is 10. The first-order valence-corrected chi connectivity index (χ1v) is 18.3. The summed E-state index contributed by atoms with van der Waals surface area (Å²) >= 11 is 0. The Morgan fingerprint density at radius 3 is 1.19 bits per heavy atom. The van der Waals surface area contributed by atoms with E-state index in [1.54, 1.807) is 0 Å². The average molecular weight is 653 g/mol. The zero-order valence-corrected chi connectivity index (χ0v) is 28.2. The summed E-state index contributed by atoms with van der Waals surface area (Å²) in [4.78, 5) is 0. The first kappa shape index (κ1) is 27.0. The van der Waals surface area contributed by atoms with Crippen LogP contribution in [-0.4, -0.2) is 0 Å². The van der Waals surface area contributed by atoms with Crippen molar-refractivity contribution in [1.82, 2.24) is 0 Å². The molecule has 13 aromatic rings. The Morgan fingerprint density at radius 2 is 0.615 bits per heavy atom. The Morgan fingerprint density at radius 1 is 0.212 bits per heavy atom. The predicted molar refractivity (Wildman–Crippen MR) is 226 cm³/mol. The van der Waals surface area contributed by atoms with Gasteiger partial charge < -0.3 is 0 Å². The van der Waals surface area contributed by atoms with Crippen LogP contribution in [0.2, 0.25) is 0 Å². The molecule has 0 nitrogen and oxygen atoms in total. The van der Waals surface area contributed by atoms with Gasteiger partial charge in [-0.3, -0.25) is 0 Å². The fraction of sp³-hybridized carbons (Fsp3) is 0. The van der Waals surface area contributed by atoms with E-state index in [4.69, 9.17) is 0 Å². The van der Waals surface area contributed by atoms with E-state index in [1.165, 1.54) is 130 Å². The lowest BCUT2D eigenvalue weighted by Crippen LogP contribution is -1.93. The zero-order valence-electron chi connectivity index (χ0n) is 28.2. The Hall–Kier alpha value is -6.76. The number of hydrogen-bond donors (Lipinski definition) is 0. The summed E-state index contributed by atoms with van der Waals surface area (Å²) in [6.07, 6.45) is 0. The molecule has 0 aromatic heterocycles. The molecule has 0 spiro atoms. The topological polar surface area (TPSA) is 0 Å². The number of rotatable bonds is 2. The van der Waals surface area contributed by atoms with Crippen LogP contribution in [0.1, 0.15) is 0 Å². The molecule has 0 aliphatic rings. The van der Waals surface area contributed by atoms with Crippen LogP contribution >= 0.6 is 0 Å². The maximum atomic E-state index is 2.57. The van der Waals surface area contributed by atoms with E-state index in [1.807, 2.05) is 0 Å². The highest BCUT2D eigenvalue weighted by Crippen LogP contribution is 2.56. The summed E-state index contributed by atoms with van der Waals surface area (Å²) < 4.78 is 0. The third-order valence-corrected chi connectivity index (χ3v) is 12.2. The minimum Gasteiger partial charge on any atom is -0.0622 e. The summed E-state index contributed by atoms with van der Waals surface area (Å²) in [5.41, 5.74) is 5.10. The molecule has 236 valence electrons. The van der Waals surface area contributed by atoms with E-state index in [9.17, 15) is 0 Å². The van der Waals surface area contributed by atoms with Crippen molar-refractivity contribution in [2.24, 2.45) is 0 Å². The zero-order chi connectivity index (χ0) is 33.7. The summed E-state index contributed by atoms with van der Waals surface area (Å²) in [6.45, 7) is 0. The normalized spacial score (nSPS) is 12.6. The van der Waals surface area contributed by atoms with Crippen molar-refractivity contribution in [3.63, 3.8) is 0 Å². The molecule has 0 amide bonds. The quantitative estimate of drug-likeness (QED) is 0.129. The molecular weight excluding hydrogens is 625 g/mol. The predicted octanol–water partition coefficient (Wildman–Crippen LogP) is 14.9. The first-order valence-electron chi connectivity index (χ1n) is 18.3. The van der Waals surface area contributed by atoms with Gasteiger partial charge >= 0.3 is 0 Å². The minimum absolute atomic E-state index is 1.23. The van der Waals surface area contributed by atoms with Crippen molar-refractivity contribution >= 4 is 108 Å². The van der Waals surface area contributed by atoms with Crippen molar-refractivity contribution in [2.45, 2.75) is 0 Å². The lowest BCUT2D eigenvalue weighted by molar-refractivity contribution is 1.61. The molecule has 0 atom stereocenters. The maximum Gasteiger partial charge on any atom is -0.000673 e. The Bertz CT molecular complexity index is 3550. The van der Waals surface area contributed by atoms with Gasteiger partial charge in [0.25, 0.3) is 0 Å². The summed E-state index contributed by atoms with van der Waals surface area (Å²) in [6, 6.07) is 64.0. The Labute approximate surface area is 298 Å². The molecule has 0 fully saturated rings. The molecule has 0 bridgehead atoms. The summed E-state index contributed by atoms with van der Waals surface area (Å²) in [7, 11) is 0. The second-order valence-corrected chi connectivity index (χ2v) is 14.6. The molecular formula is C52H28. The fourth-order valence-electron chi connectivity index (χ4n) is 10.4. The van der Waals surface area contributed by atoms with Gasteiger partial charge in [0.2, 0.25) is 0 Å². The van der Waals surface area contributed by atoms with Gasteiger partial charge in [0.15, 0.2) is 0 Å². The van der Waals surface area contributed by atoms with Gasteiger partial charge in [-0.05, 0) is 136 Å². The van der Waals surface area contributed by atoms with Crippen LogP contribution < -0.4 is 0 Å². The SMILES string of the molecule is c1ccc(-c2ccccc2-c2c3cc4c5cccc6cccc(c65)c4c4c5cccc6cccc(c65)c(c5c6cccc7cccc(c25)c76)c34)cc1. The van der Waals surface area contributed by atoms with Crippen LogP contribution in [0, 0.1) is 0 Å². The molecule has 13 aromatic carbocycles. The number of hydrogen-bond acceptors (Lipinski definition) is 0. The van der Waals surface area contributed by atoms with Gasteiger partial charge in [0, 0.05) is 0 Å². The molecule has 13 rings (SSSR count). The molecule has 0 aliphatic heterocycles. The van der Waals surface area contributed by atoms with E-state index < -0.39 is 0 Å². The van der Waals surface area contributed by atoms with Crippen molar-refractivity contribution in [1.29, 1.82) is 0 Å². The van der Waals surface area contributed by atoms with E-state index in [-0.39, 0.29) is 0 Å². The largest absolute Gasteiger partial charge is 0.0622 e. The summed E-state index contributed by atoms with van der Waals surface area (Å²) in [5.74, 6) is 0. The monoisotopic (exact) mass is 652 g/mol. The standard InChI is InChI=1S/C52H28/c1-2-12-29(13-3-1)33-20-4-5-21-34(33)46-42-28-41-35-22-6-14-30-15-7-23-36(43(30)35)47(41)49-38-25-9-17-32-19-11-27-40(45(32)38)51(52(42)49)50-39-26-10-18-31-16-8-24-37(44(31)39)48(46)50/h1-28H. The first-order chi connectivity index (χ1) is 25.8. The van der Waals surface area contributed by atoms with E-state index in [0.29, 0.717) is 0 Å². The van der Waals surface area contributed by atoms with Gasteiger partial charge in [0.1, 0.15) is 0 Å². The Balaban J connectivity index is 1.44. The third-order valence-electron chi connectivity index (χ3n) is 12.2. The highest BCUT2D eigenvalue weighted by molar-refractivity contribution is 6.52. The second-order valence-electron chi connectivity index (χ2n) is 14.6. The fourth-order valence-corrected chi connectivity index (χ4v) is 10.4. The molecule has 0 saturated carbocycles. The van der Waals surface area contributed by atoms with Gasteiger partial charge in [-0.25, -0.2) is 0 Å². The van der Waals surface area contributed by atoms with Gasteiger partial charge in [-0.2, -0.15) is 0 Å². The van der Waals surface area contributed by atoms with Crippen LogP contribution in [0.4, 0.5) is 0 Å². The highest BCUT2D eigenvalue weighted by atomic mass is 14.3. The molecule has 0 aliphatic carbocycles. The van der Waals surface area contributed by atoms with E-state index >= 15 is 0 Å². The molecule has 0 saturated heterocycles. The van der Waals surface area contributed by atoms with Gasteiger partial charge in [-0.15, -0.1) is 0 Å². The Kier molecular flexibility index (Phi) is 4.94. The van der Waals surface area contributed by atoms with Gasteiger partial charge in [0.05, 0.1) is 0 Å². The van der Waals surface area contributed by atoms with Crippen LogP contribution in [-0.2, 0) is 0 Å². The lowest BCUT2D eigenvalue weighted by atomic mass is 9.81. The third kappa shape index (κ3) is 3.16. The van der Waals surface area contributed by atoms with Crippen molar-refractivity contribution in [3.05, 3.63) is 170 Å². The molecule has 0 unspecified atom stereocenters.